The summed E-state index contributed by atoms with van der Waals surface area (Å²) in [6.07, 6.45) is 0.544. The lowest BCUT2D eigenvalue weighted by Gasteiger charge is -2.37. The number of benzene rings is 1. The van der Waals surface area contributed by atoms with Crippen LogP contribution in [-0.4, -0.2) is 16.7 Å². The van der Waals surface area contributed by atoms with E-state index in [9.17, 15) is 14.9 Å². The molecule has 2 atom stereocenters. The third kappa shape index (κ3) is 2.86. The van der Waals surface area contributed by atoms with Crippen molar-refractivity contribution in [3.63, 3.8) is 0 Å². The highest BCUT2D eigenvalue weighted by atomic mass is 79.9. The van der Waals surface area contributed by atoms with Gasteiger partial charge in [0, 0.05) is 27.7 Å². The Labute approximate surface area is 120 Å². The first-order chi connectivity index (χ1) is 8.81. The van der Waals surface area contributed by atoms with Crippen LogP contribution >= 0.6 is 15.9 Å². The van der Waals surface area contributed by atoms with Gasteiger partial charge in [0.1, 0.15) is 5.78 Å². The van der Waals surface area contributed by atoms with Crippen molar-refractivity contribution < 1.29 is 9.72 Å². The van der Waals surface area contributed by atoms with Crippen LogP contribution in [-0.2, 0) is 4.79 Å². The quantitative estimate of drug-likeness (QED) is 0.617. The summed E-state index contributed by atoms with van der Waals surface area (Å²) >= 11 is 3.35. The first kappa shape index (κ1) is 14.2. The highest BCUT2D eigenvalue weighted by molar-refractivity contribution is 9.10. The molecule has 0 heterocycles. The van der Waals surface area contributed by atoms with Gasteiger partial charge in [-0.2, -0.15) is 0 Å². The van der Waals surface area contributed by atoms with Gasteiger partial charge in [-0.05, 0) is 17.7 Å². The number of nitrogens with zero attached hydrogens (tertiary/aromatic N) is 1. The lowest BCUT2D eigenvalue weighted by atomic mass is 9.66. The van der Waals surface area contributed by atoms with Gasteiger partial charge >= 0.3 is 0 Å². The zero-order chi connectivity index (χ0) is 14.2. The molecule has 5 heteroatoms. The molecule has 19 heavy (non-hydrogen) atoms. The molecule has 0 spiro atoms. The molecule has 2 rings (SSSR count). The summed E-state index contributed by atoms with van der Waals surface area (Å²) in [7, 11) is 0. The smallest absolute Gasteiger partial charge is 0.225 e. The molecular formula is C14H16BrNO3. The van der Waals surface area contributed by atoms with Crippen LogP contribution in [0, 0.1) is 15.5 Å². The topological polar surface area (TPSA) is 60.2 Å². The Balaban J connectivity index is 2.42. The Hall–Kier alpha value is -1.23. The summed E-state index contributed by atoms with van der Waals surface area (Å²) in [4.78, 5) is 23.1. The van der Waals surface area contributed by atoms with Gasteiger partial charge in [-0.25, -0.2) is 0 Å². The van der Waals surface area contributed by atoms with Crippen molar-refractivity contribution in [1.82, 2.24) is 0 Å². The first-order valence-electron chi connectivity index (χ1n) is 6.22. The molecule has 0 aliphatic heterocycles. The van der Waals surface area contributed by atoms with E-state index in [1.165, 1.54) is 0 Å². The minimum atomic E-state index is -0.716. The molecule has 0 unspecified atom stereocenters. The van der Waals surface area contributed by atoms with E-state index in [2.05, 4.69) is 15.9 Å². The average Bonchev–Trinajstić information content (AvgIpc) is 2.26. The van der Waals surface area contributed by atoms with Crippen molar-refractivity contribution in [2.24, 2.45) is 5.41 Å². The second-order valence-electron chi connectivity index (χ2n) is 5.80. The fourth-order valence-corrected chi connectivity index (χ4v) is 3.29. The highest BCUT2D eigenvalue weighted by Gasteiger charge is 2.50. The number of halogens is 1. The third-order valence-electron chi connectivity index (χ3n) is 3.81. The van der Waals surface area contributed by atoms with E-state index < -0.39 is 11.5 Å². The molecule has 1 aromatic carbocycles. The summed E-state index contributed by atoms with van der Waals surface area (Å²) in [6, 6.07) is 6.72. The Morgan fingerprint density at radius 1 is 1.32 bits per heavy atom. The van der Waals surface area contributed by atoms with Crippen LogP contribution < -0.4 is 0 Å². The lowest BCUT2D eigenvalue weighted by molar-refractivity contribution is -0.546. The number of nitro groups is 1. The summed E-state index contributed by atoms with van der Waals surface area (Å²) in [5.74, 6) is -0.227. The zero-order valence-corrected chi connectivity index (χ0v) is 12.5. The molecule has 0 aromatic heterocycles. The predicted molar refractivity (Wildman–Crippen MR) is 75.7 cm³/mol. The van der Waals surface area contributed by atoms with E-state index in [0.717, 1.165) is 10.0 Å². The number of carbonyl (C=O) groups is 1. The first-order valence-corrected chi connectivity index (χ1v) is 7.01. The molecule has 0 N–H and O–H groups in total. The highest BCUT2D eigenvalue weighted by Crippen LogP contribution is 2.43. The normalized spacial score (nSPS) is 26.2. The fraction of sp³-hybridized carbons (Fsp3) is 0.500. The monoisotopic (exact) mass is 325 g/mol. The second-order valence-corrected chi connectivity index (χ2v) is 6.71. The summed E-state index contributed by atoms with van der Waals surface area (Å²) in [5.41, 5.74) is 0.266. The summed E-state index contributed by atoms with van der Waals surface area (Å²) < 4.78 is 0.926. The van der Waals surface area contributed by atoms with Crippen LogP contribution in [0.2, 0.25) is 0 Å². The molecule has 0 amide bonds. The van der Waals surface area contributed by atoms with Gasteiger partial charge in [0.05, 0.1) is 5.92 Å². The lowest BCUT2D eigenvalue weighted by Crippen LogP contribution is -2.47. The molecule has 0 saturated heterocycles. The van der Waals surface area contributed by atoms with Crippen LogP contribution in [0.1, 0.15) is 38.2 Å². The van der Waals surface area contributed by atoms with Crippen molar-refractivity contribution in [2.45, 2.75) is 38.6 Å². The van der Waals surface area contributed by atoms with E-state index in [1.807, 2.05) is 38.1 Å². The maximum atomic E-state index is 11.9. The largest absolute Gasteiger partial charge is 0.300 e. The number of rotatable bonds is 2. The van der Waals surface area contributed by atoms with Gasteiger partial charge in [-0.3, -0.25) is 14.9 Å². The Bertz CT molecular complexity index is 510. The van der Waals surface area contributed by atoms with Crippen LogP contribution in [0.5, 0.6) is 0 Å². The third-order valence-corrected chi connectivity index (χ3v) is 4.34. The molecule has 4 nitrogen and oxygen atoms in total. The molecule has 0 radical (unpaired) electrons. The number of carbonyl (C=O) groups excluding carboxylic acids is 1. The van der Waals surface area contributed by atoms with Crippen molar-refractivity contribution in [2.75, 3.05) is 0 Å². The van der Waals surface area contributed by atoms with E-state index in [1.54, 1.807) is 0 Å². The van der Waals surface area contributed by atoms with E-state index in [-0.39, 0.29) is 29.5 Å². The Kier molecular flexibility index (Phi) is 3.76. The molecule has 1 aromatic rings. The number of hydrogen-bond acceptors (Lipinski definition) is 3. The molecule has 0 bridgehead atoms. The van der Waals surface area contributed by atoms with Crippen molar-refractivity contribution >= 4 is 21.7 Å². The van der Waals surface area contributed by atoms with Crippen molar-refractivity contribution in [3.8, 4) is 0 Å². The van der Waals surface area contributed by atoms with Gasteiger partial charge in [-0.15, -0.1) is 0 Å². The molecule has 1 aliphatic carbocycles. The van der Waals surface area contributed by atoms with Crippen LogP contribution in [0.25, 0.3) is 0 Å². The van der Waals surface area contributed by atoms with Gasteiger partial charge in [0.25, 0.3) is 0 Å². The minimum absolute atomic E-state index is 0.107. The standard InChI is InChI=1S/C14H16BrNO3/c1-14(2)8-11(17)7-12(13(14)16(18)19)9-3-5-10(15)6-4-9/h3-6,12-13H,7-8H2,1-2H3/t12-,13-/m1/s1. The molecule has 1 aliphatic rings. The average molecular weight is 326 g/mol. The van der Waals surface area contributed by atoms with Gasteiger partial charge in [0.15, 0.2) is 0 Å². The van der Waals surface area contributed by atoms with Crippen LogP contribution in [0.3, 0.4) is 0 Å². The SMILES string of the molecule is CC1(C)CC(=O)C[C@H](c2ccc(Br)cc2)[C@H]1[N+](=O)[O-]. The minimum Gasteiger partial charge on any atom is -0.300 e. The molecule has 1 saturated carbocycles. The summed E-state index contributed by atoms with van der Waals surface area (Å²) in [6.45, 7) is 3.62. The van der Waals surface area contributed by atoms with Gasteiger partial charge in [-0.1, -0.05) is 41.9 Å². The zero-order valence-electron chi connectivity index (χ0n) is 10.9. The van der Waals surface area contributed by atoms with E-state index >= 15 is 0 Å². The Morgan fingerprint density at radius 2 is 1.89 bits per heavy atom. The number of hydrogen-bond donors (Lipinski definition) is 0. The number of Topliss-reactive ketones (excluding diaryl/α,β-unsaturated/α-hetero) is 1. The van der Waals surface area contributed by atoms with Gasteiger partial charge < -0.3 is 0 Å². The maximum Gasteiger partial charge on any atom is 0.225 e. The van der Waals surface area contributed by atoms with E-state index in [4.69, 9.17) is 0 Å². The number of ketones is 1. The molecule has 102 valence electrons. The molecule has 1 fully saturated rings. The van der Waals surface area contributed by atoms with Crippen molar-refractivity contribution in [1.29, 1.82) is 0 Å². The van der Waals surface area contributed by atoms with Crippen molar-refractivity contribution in [3.05, 3.63) is 44.4 Å². The fourth-order valence-electron chi connectivity index (χ4n) is 3.03. The Morgan fingerprint density at radius 3 is 2.42 bits per heavy atom. The van der Waals surface area contributed by atoms with E-state index in [0.29, 0.717) is 0 Å². The van der Waals surface area contributed by atoms with Gasteiger partial charge in [0.2, 0.25) is 6.04 Å². The van der Waals surface area contributed by atoms with Crippen LogP contribution in [0.4, 0.5) is 0 Å². The summed E-state index contributed by atoms with van der Waals surface area (Å²) in [5, 5.41) is 11.4. The van der Waals surface area contributed by atoms with Crippen LogP contribution in [0.15, 0.2) is 28.7 Å². The second kappa shape index (κ2) is 5.04. The predicted octanol–water partition coefficient (Wildman–Crippen LogP) is 3.57. The maximum absolute atomic E-state index is 11.9. The molecular weight excluding hydrogens is 310 g/mol.